The van der Waals surface area contributed by atoms with Crippen LogP contribution in [0.15, 0.2) is 30.1 Å². The third kappa shape index (κ3) is 4.64. The monoisotopic (exact) mass is 306 g/mol. The number of halogens is 1. The maximum atomic E-state index is 12.5. The third-order valence-electron chi connectivity index (χ3n) is 3.99. The van der Waals surface area contributed by atoms with Crippen molar-refractivity contribution in [2.45, 2.75) is 25.3 Å². The van der Waals surface area contributed by atoms with Gasteiger partial charge in [-0.3, -0.25) is 4.79 Å². The highest BCUT2D eigenvalue weighted by Gasteiger charge is 2.25. The van der Waals surface area contributed by atoms with Gasteiger partial charge in [0.25, 0.3) is 0 Å². The molecule has 0 aliphatic heterocycles. The largest absolute Gasteiger partial charge is 0.489 e. The van der Waals surface area contributed by atoms with E-state index >= 15 is 0 Å². The molecule has 0 amide bonds. The Morgan fingerprint density at radius 1 is 1.50 bits per heavy atom. The highest BCUT2D eigenvalue weighted by Crippen LogP contribution is 2.26. The molecule has 5 heteroatoms. The molecule has 22 heavy (non-hydrogen) atoms. The van der Waals surface area contributed by atoms with Crippen molar-refractivity contribution in [3.63, 3.8) is 0 Å². The van der Waals surface area contributed by atoms with E-state index in [0.717, 1.165) is 24.8 Å². The van der Waals surface area contributed by atoms with Crippen LogP contribution in [0.3, 0.4) is 0 Å². The molecule has 0 radical (unpaired) electrons. The van der Waals surface area contributed by atoms with Crippen molar-refractivity contribution in [1.29, 1.82) is 0 Å². The molecule has 0 atom stereocenters. The van der Waals surface area contributed by atoms with E-state index in [0.29, 0.717) is 29.3 Å². The van der Waals surface area contributed by atoms with Gasteiger partial charge in [0.15, 0.2) is 0 Å². The number of rotatable bonds is 9. The van der Waals surface area contributed by atoms with Gasteiger partial charge in [0.1, 0.15) is 18.6 Å². The Hall–Kier alpha value is -1.72. The molecule has 1 fully saturated rings. The standard InChI is InChI=1S/C17H23FN2O2/c1-20(16-3-4-16)7-6-14-8-17(5-2-15(14)11-21)22-12-13(9-18)10-19/h2,5,8-9,11,16H,3-4,6-7,10,12,19H2,1H3/b13-9+. The molecule has 0 aromatic heterocycles. The Morgan fingerprint density at radius 3 is 2.86 bits per heavy atom. The summed E-state index contributed by atoms with van der Waals surface area (Å²) in [5.74, 6) is 0.627. The summed E-state index contributed by atoms with van der Waals surface area (Å²) in [5.41, 5.74) is 7.43. The van der Waals surface area contributed by atoms with E-state index in [1.165, 1.54) is 12.8 Å². The first-order valence-electron chi connectivity index (χ1n) is 7.57. The minimum absolute atomic E-state index is 0.120. The van der Waals surface area contributed by atoms with Gasteiger partial charge in [-0.25, -0.2) is 4.39 Å². The molecular formula is C17H23FN2O2. The predicted molar refractivity (Wildman–Crippen MR) is 84.9 cm³/mol. The van der Waals surface area contributed by atoms with E-state index in [1.54, 1.807) is 12.1 Å². The molecule has 1 aliphatic carbocycles. The van der Waals surface area contributed by atoms with Crippen molar-refractivity contribution in [1.82, 2.24) is 4.90 Å². The average molecular weight is 306 g/mol. The van der Waals surface area contributed by atoms with E-state index in [4.69, 9.17) is 10.5 Å². The zero-order valence-corrected chi connectivity index (χ0v) is 12.9. The first kappa shape index (κ1) is 16.6. The molecule has 0 saturated heterocycles. The zero-order valence-electron chi connectivity index (χ0n) is 12.9. The molecule has 120 valence electrons. The van der Waals surface area contributed by atoms with Crippen LogP contribution in [0.25, 0.3) is 0 Å². The van der Waals surface area contributed by atoms with Gasteiger partial charge in [0.2, 0.25) is 0 Å². The molecule has 4 nitrogen and oxygen atoms in total. The molecule has 0 unspecified atom stereocenters. The van der Waals surface area contributed by atoms with Gasteiger partial charge >= 0.3 is 0 Å². The number of likely N-dealkylation sites (N-methyl/N-ethyl adjacent to an activating group) is 1. The van der Waals surface area contributed by atoms with Crippen LogP contribution in [0.2, 0.25) is 0 Å². The summed E-state index contributed by atoms with van der Waals surface area (Å²) in [4.78, 5) is 13.5. The van der Waals surface area contributed by atoms with Crippen molar-refractivity contribution in [2.24, 2.45) is 5.73 Å². The van der Waals surface area contributed by atoms with Crippen molar-refractivity contribution >= 4 is 6.29 Å². The molecule has 0 bridgehead atoms. The number of hydrogen-bond acceptors (Lipinski definition) is 4. The first-order chi connectivity index (χ1) is 10.7. The highest BCUT2D eigenvalue weighted by atomic mass is 19.1. The zero-order chi connectivity index (χ0) is 15.9. The van der Waals surface area contributed by atoms with Gasteiger partial charge in [-0.2, -0.15) is 0 Å². The Balaban J connectivity index is 1.99. The molecule has 2 N–H and O–H groups in total. The second-order valence-electron chi connectivity index (χ2n) is 5.70. The summed E-state index contributed by atoms with van der Waals surface area (Å²) in [7, 11) is 2.11. The van der Waals surface area contributed by atoms with E-state index in [-0.39, 0.29) is 13.2 Å². The van der Waals surface area contributed by atoms with Crippen molar-refractivity contribution in [3.8, 4) is 5.75 Å². The minimum atomic E-state index is 0.120. The summed E-state index contributed by atoms with van der Waals surface area (Å²) in [6, 6.07) is 6.03. The number of nitrogens with zero attached hydrogens (tertiary/aromatic N) is 1. The summed E-state index contributed by atoms with van der Waals surface area (Å²) < 4.78 is 18.0. The van der Waals surface area contributed by atoms with Crippen molar-refractivity contribution in [2.75, 3.05) is 26.7 Å². The van der Waals surface area contributed by atoms with Crippen LogP contribution in [0.5, 0.6) is 5.75 Å². The van der Waals surface area contributed by atoms with E-state index < -0.39 is 0 Å². The molecule has 0 heterocycles. The van der Waals surface area contributed by atoms with Crippen LogP contribution in [0, 0.1) is 0 Å². The van der Waals surface area contributed by atoms with Crippen LogP contribution in [0.4, 0.5) is 4.39 Å². The lowest BCUT2D eigenvalue weighted by Crippen LogP contribution is -2.23. The Bertz CT molecular complexity index is 541. The van der Waals surface area contributed by atoms with Crippen molar-refractivity contribution < 1.29 is 13.9 Å². The van der Waals surface area contributed by atoms with Crippen LogP contribution in [0.1, 0.15) is 28.8 Å². The fourth-order valence-corrected chi connectivity index (χ4v) is 2.31. The molecule has 2 rings (SSSR count). The van der Waals surface area contributed by atoms with E-state index in [9.17, 15) is 9.18 Å². The molecular weight excluding hydrogens is 283 g/mol. The Morgan fingerprint density at radius 2 is 2.27 bits per heavy atom. The Kier molecular flexibility index (Phi) is 6.10. The fraction of sp³-hybridized carbons (Fsp3) is 0.471. The van der Waals surface area contributed by atoms with Crippen LogP contribution >= 0.6 is 0 Å². The summed E-state index contributed by atoms with van der Waals surface area (Å²) in [6.07, 6.45) is 4.66. The number of hydrogen-bond donors (Lipinski definition) is 1. The summed E-state index contributed by atoms with van der Waals surface area (Å²) in [5, 5.41) is 0. The minimum Gasteiger partial charge on any atom is -0.489 e. The van der Waals surface area contributed by atoms with Gasteiger partial charge in [-0.05, 0) is 50.1 Å². The maximum Gasteiger partial charge on any atom is 0.150 e. The normalized spacial score (nSPS) is 15.2. The first-order valence-corrected chi connectivity index (χ1v) is 7.57. The van der Waals surface area contributed by atoms with Gasteiger partial charge in [-0.1, -0.05) is 0 Å². The summed E-state index contributed by atoms with van der Waals surface area (Å²) in [6.45, 7) is 1.16. The number of carbonyl (C=O) groups is 1. The van der Waals surface area contributed by atoms with E-state index in [1.807, 2.05) is 6.07 Å². The van der Waals surface area contributed by atoms with Crippen LogP contribution in [-0.4, -0.2) is 44.0 Å². The predicted octanol–water partition coefficient (Wildman–Crippen LogP) is 2.33. The lowest BCUT2D eigenvalue weighted by molar-refractivity contribution is 0.112. The third-order valence-corrected chi connectivity index (χ3v) is 3.99. The van der Waals surface area contributed by atoms with Crippen LogP contribution < -0.4 is 10.5 Å². The van der Waals surface area contributed by atoms with Gasteiger partial charge in [0.05, 0.1) is 6.33 Å². The van der Waals surface area contributed by atoms with E-state index in [2.05, 4.69) is 11.9 Å². The second kappa shape index (κ2) is 8.06. The number of benzene rings is 1. The van der Waals surface area contributed by atoms with Gasteiger partial charge in [0, 0.05) is 30.3 Å². The quantitative estimate of drug-likeness (QED) is 0.711. The number of aldehydes is 1. The topological polar surface area (TPSA) is 55.6 Å². The molecule has 1 aromatic carbocycles. The average Bonchev–Trinajstić information content (AvgIpc) is 3.38. The Labute approximate surface area is 130 Å². The second-order valence-corrected chi connectivity index (χ2v) is 5.70. The summed E-state index contributed by atoms with van der Waals surface area (Å²) >= 11 is 0. The smallest absolute Gasteiger partial charge is 0.150 e. The van der Waals surface area contributed by atoms with Gasteiger partial charge in [-0.15, -0.1) is 0 Å². The molecule has 1 aliphatic rings. The van der Waals surface area contributed by atoms with Gasteiger partial charge < -0.3 is 15.4 Å². The van der Waals surface area contributed by atoms with Crippen LogP contribution in [-0.2, 0) is 6.42 Å². The highest BCUT2D eigenvalue weighted by molar-refractivity contribution is 5.77. The molecule has 1 saturated carbocycles. The SMILES string of the molecule is CN(CCc1cc(OC/C(=C/F)CN)ccc1C=O)C1CC1. The number of ether oxygens (including phenoxy) is 1. The molecule has 1 aromatic rings. The lowest BCUT2D eigenvalue weighted by atomic mass is 10.0. The lowest BCUT2D eigenvalue weighted by Gasteiger charge is -2.16. The number of carbonyl (C=O) groups excluding carboxylic acids is 1. The molecule has 0 spiro atoms. The number of nitrogens with two attached hydrogens (primary N) is 1. The van der Waals surface area contributed by atoms with Crippen molar-refractivity contribution in [3.05, 3.63) is 41.2 Å². The fourth-order valence-electron chi connectivity index (χ4n) is 2.31. The maximum absolute atomic E-state index is 12.5.